The number of carbonyl (C=O) groups excluding carboxylic acids is 1. The molecule has 2 rings (SSSR count). The summed E-state index contributed by atoms with van der Waals surface area (Å²) in [6.07, 6.45) is 0.119. The number of hydrogen-bond donors (Lipinski definition) is 2. The van der Waals surface area contributed by atoms with Crippen LogP contribution in [0.25, 0.3) is 10.9 Å². The Balaban J connectivity index is 2.17. The molecule has 0 aliphatic carbocycles. The molecule has 0 saturated carbocycles. The predicted molar refractivity (Wildman–Crippen MR) is 75.5 cm³/mol. The molecule has 1 amide bonds. The number of carboxylic acid groups (broad SMARTS) is 1. The van der Waals surface area contributed by atoms with E-state index in [1.165, 1.54) is 0 Å². The molecule has 6 nitrogen and oxygen atoms in total. The number of aromatic nitrogens is 1. The third-order valence-electron chi connectivity index (χ3n) is 2.98. The van der Waals surface area contributed by atoms with E-state index in [0.29, 0.717) is 5.52 Å². The zero-order chi connectivity index (χ0) is 15.2. The number of nitrogens with zero attached hydrogens (tertiary/aromatic N) is 2. The molecule has 0 aliphatic rings. The van der Waals surface area contributed by atoms with Crippen LogP contribution in [0.3, 0.4) is 0 Å². The van der Waals surface area contributed by atoms with Crippen LogP contribution in [-0.2, 0) is 4.79 Å². The minimum Gasteiger partial charge on any atom is -0.480 e. The normalized spacial score (nSPS) is 11.6. The van der Waals surface area contributed by atoms with Gasteiger partial charge in [0.25, 0.3) is 5.91 Å². The minimum absolute atomic E-state index is 0.0579. The highest BCUT2D eigenvalue weighted by Gasteiger charge is 2.20. The highest BCUT2D eigenvalue weighted by Crippen LogP contribution is 2.12. The van der Waals surface area contributed by atoms with Gasteiger partial charge in [0, 0.05) is 11.8 Å². The Kier molecular flexibility index (Phi) is 4.46. The lowest BCUT2D eigenvalue weighted by Crippen LogP contribution is -2.41. The van der Waals surface area contributed by atoms with Crippen LogP contribution in [0.15, 0.2) is 36.4 Å². The topological polar surface area (TPSA) is 103 Å². The number of fused-ring (bicyclic) bond motifs is 1. The Morgan fingerprint density at radius 3 is 2.76 bits per heavy atom. The molecule has 0 spiro atoms. The molecule has 6 heteroatoms. The van der Waals surface area contributed by atoms with Gasteiger partial charge in [0.2, 0.25) is 0 Å². The first-order valence-electron chi connectivity index (χ1n) is 6.38. The summed E-state index contributed by atoms with van der Waals surface area (Å²) in [5.74, 6) is -1.73. The number of carbonyl (C=O) groups is 2. The maximum atomic E-state index is 12.0. The summed E-state index contributed by atoms with van der Waals surface area (Å²) < 4.78 is 0. The summed E-state index contributed by atoms with van der Waals surface area (Å²) in [7, 11) is 0. The lowest BCUT2D eigenvalue weighted by atomic mass is 10.1. The first-order chi connectivity index (χ1) is 10.1. The van der Waals surface area contributed by atoms with E-state index in [1.54, 1.807) is 18.2 Å². The molecule has 2 aromatic rings. The van der Waals surface area contributed by atoms with Crippen molar-refractivity contribution < 1.29 is 14.7 Å². The number of benzene rings is 1. The molecule has 0 saturated heterocycles. The molecule has 1 aromatic carbocycles. The molecule has 106 valence electrons. The number of rotatable bonds is 5. The lowest BCUT2D eigenvalue weighted by molar-refractivity contribution is -0.139. The van der Waals surface area contributed by atoms with Gasteiger partial charge in [-0.25, -0.2) is 9.78 Å². The zero-order valence-corrected chi connectivity index (χ0v) is 11.1. The van der Waals surface area contributed by atoms with Gasteiger partial charge in [-0.3, -0.25) is 4.79 Å². The van der Waals surface area contributed by atoms with Crippen molar-refractivity contribution in [2.75, 3.05) is 0 Å². The largest absolute Gasteiger partial charge is 0.480 e. The van der Waals surface area contributed by atoms with Crippen molar-refractivity contribution in [2.24, 2.45) is 0 Å². The summed E-state index contributed by atoms with van der Waals surface area (Å²) in [6.45, 7) is 0. The highest BCUT2D eigenvalue weighted by atomic mass is 16.4. The maximum Gasteiger partial charge on any atom is 0.326 e. The van der Waals surface area contributed by atoms with Gasteiger partial charge in [-0.2, -0.15) is 5.26 Å². The van der Waals surface area contributed by atoms with Gasteiger partial charge in [-0.1, -0.05) is 24.3 Å². The maximum absolute atomic E-state index is 12.0. The molecule has 0 bridgehead atoms. The fourth-order valence-electron chi connectivity index (χ4n) is 1.89. The molecule has 21 heavy (non-hydrogen) atoms. The number of carboxylic acids is 1. The monoisotopic (exact) mass is 283 g/mol. The van der Waals surface area contributed by atoms with Gasteiger partial charge in [-0.15, -0.1) is 0 Å². The number of nitriles is 1. The van der Waals surface area contributed by atoms with Gasteiger partial charge in [0.05, 0.1) is 11.6 Å². The van der Waals surface area contributed by atoms with Gasteiger partial charge in [-0.05, 0) is 18.6 Å². The van der Waals surface area contributed by atoms with E-state index < -0.39 is 17.9 Å². The van der Waals surface area contributed by atoms with E-state index in [-0.39, 0.29) is 18.5 Å². The van der Waals surface area contributed by atoms with Crippen molar-refractivity contribution in [3.8, 4) is 6.07 Å². The van der Waals surface area contributed by atoms with Crippen LogP contribution in [0.4, 0.5) is 0 Å². The zero-order valence-electron chi connectivity index (χ0n) is 11.1. The smallest absolute Gasteiger partial charge is 0.326 e. The van der Waals surface area contributed by atoms with Gasteiger partial charge < -0.3 is 10.4 Å². The van der Waals surface area contributed by atoms with Crippen LogP contribution >= 0.6 is 0 Å². The Morgan fingerprint density at radius 2 is 2.05 bits per heavy atom. The second kappa shape index (κ2) is 6.48. The average molecular weight is 283 g/mol. The average Bonchev–Trinajstić information content (AvgIpc) is 2.50. The number of hydrogen-bond acceptors (Lipinski definition) is 4. The van der Waals surface area contributed by atoms with Gasteiger partial charge in [0.15, 0.2) is 0 Å². The number of nitrogens with one attached hydrogen (secondary N) is 1. The van der Waals surface area contributed by atoms with Crippen molar-refractivity contribution in [3.05, 3.63) is 42.1 Å². The number of pyridine rings is 1. The Bertz CT molecular complexity index is 721. The molecule has 0 radical (unpaired) electrons. The molecule has 0 aliphatic heterocycles. The van der Waals surface area contributed by atoms with Crippen LogP contribution in [-0.4, -0.2) is 28.0 Å². The summed E-state index contributed by atoms with van der Waals surface area (Å²) in [4.78, 5) is 27.3. The highest BCUT2D eigenvalue weighted by molar-refractivity contribution is 5.96. The molecule has 2 N–H and O–H groups in total. The van der Waals surface area contributed by atoms with Crippen LogP contribution in [0, 0.1) is 11.3 Å². The van der Waals surface area contributed by atoms with Gasteiger partial charge >= 0.3 is 5.97 Å². The SMILES string of the molecule is N#CCC[C@H](NC(=O)c1ccc2ccccc2n1)C(=O)O. The van der Waals surface area contributed by atoms with Gasteiger partial charge in [0.1, 0.15) is 11.7 Å². The lowest BCUT2D eigenvalue weighted by Gasteiger charge is -2.12. The predicted octanol–water partition coefficient (Wildman–Crippen LogP) is 1.72. The van der Waals surface area contributed by atoms with Crippen LogP contribution < -0.4 is 5.32 Å². The summed E-state index contributed by atoms with van der Waals surface area (Å²) in [6, 6.07) is 11.4. The van der Waals surface area contributed by atoms with Crippen molar-refractivity contribution in [1.82, 2.24) is 10.3 Å². The number of para-hydroxylation sites is 1. The molecule has 0 fully saturated rings. The standard InChI is InChI=1S/C15H13N3O3/c16-9-3-6-13(15(20)21)18-14(19)12-8-7-10-4-1-2-5-11(10)17-12/h1-2,4-5,7-8,13H,3,6H2,(H,18,19)(H,20,21)/t13-/m0/s1. The third kappa shape index (κ3) is 3.54. The van der Waals surface area contributed by atoms with Crippen LogP contribution in [0.5, 0.6) is 0 Å². The van der Waals surface area contributed by atoms with E-state index in [0.717, 1.165) is 5.39 Å². The minimum atomic E-state index is -1.17. The first kappa shape index (κ1) is 14.5. The fourth-order valence-corrected chi connectivity index (χ4v) is 1.89. The number of amides is 1. The van der Waals surface area contributed by atoms with Crippen molar-refractivity contribution in [2.45, 2.75) is 18.9 Å². The van der Waals surface area contributed by atoms with E-state index in [9.17, 15) is 9.59 Å². The van der Waals surface area contributed by atoms with Crippen LogP contribution in [0.1, 0.15) is 23.3 Å². The molecule has 1 heterocycles. The van der Waals surface area contributed by atoms with E-state index in [4.69, 9.17) is 10.4 Å². The van der Waals surface area contributed by atoms with Crippen molar-refractivity contribution >= 4 is 22.8 Å². The molecule has 1 aromatic heterocycles. The molecule has 0 unspecified atom stereocenters. The number of aliphatic carboxylic acids is 1. The Labute approximate surface area is 121 Å². The molecular weight excluding hydrogens is 270 g/mol. The second-order valence-electron chi connectivity index (χ2n) is 4.45. The summed E-state index contributed by atoms with van der Waals surface area (Å²) in [5, 5.41) is 20.8. The molecular formula is C15H13N3O3. The van der Waals surface area contributed by atoms with E-state index in [2.05, 4.69) is 10.3 Å². The summed E-state index contributed by atoms with van der Waals surface area (Å²) >= 11 is 0. The van der Waals surface area contributed by atoms with E-state index in [1.807, 2.05) is 24.3 Å². The van der Waals surface area contributed by atoms with E-state index >= 15 is 0 Å². The third-order valence-corrected chi connectivity index (χ3v) is 2.98. The second-order valence-corrected chi connectivity index (χ2v) is 4.45. The van der Waals surface area contributed by atoms with Crippen molar-refractivity contribution in [3.63, 3.8) is 0 Å². The quantitative estimate of drug-likeness (QED) is 0.869. The Morgan fingerprint density at radius 1 is 1.29 bits per heavy atom. The molecule has 1 atom stereocenters. The van der Waals surface area contributed by atoms with Crippen molar-refractivity contribution in [1.29, 1.82) is 5.26 Å². The fraction of sp³-hybridized carbons (Fsp3) is 0.200. The summed E-state index contributed by atoms with van der Waals surface area (Å²) in [5.41, 5.74) is 0.811. The van der Waals surface area contributed by atoms with Crippen LogP contribution in [0.2, 0.25) is 0 Å². The Hall–Kier alpha value is -2.94. The first-order valence-corrected chi connectivity index (χ1v) is 6.38.